The van der Waals surface area contributed by atoms with Crippen LogP contribution in [-0.2, 0) is 4.74 Å². The standard InChI is InChI=1S/C16H21N3O2S/c1-2-21-16(20)19-15(22)18-14-11-7-6-10-13(14)17-12-8-4-3-5-9-12/h6-7,10-11H,2-5,8-9H2,1H3,(H2,18,19,20,22). The first-order valence-corrected chi connectivity index (χ1v) is 8.00. The molecule has 0 saturated heterocycles. The highest BCUT2D eigenvalue weighted by Crippen LogP contribution is 2.27. The van der Waals surface area contributed by atoms with E-state index in [1.54, 1.807) is 6.92 Å². The van der Waals surface area contributed by atoms with Crippen molar-refractivity contribution in [3.8, 4) is 0 Å². The summed E-state index contributed by atoms with van der Waals surface area (Å²) in [5.74, 6) is 0. The van der Waals surface area contributed by atoms with Crippen LogP contribution in [0.5, 0.6) is 0 Å². The molecule has 0 unspecified atom stereocenters. The highest BCUT2D eigenvalue weighted by molar-refractivity contribution is 7.80. The Morgan fingerprint density at radius 1 is 1.27 bits per heavy atom. The molecule has 0 spiro atoms. The molecule has 1 saturated carbocycles. The van der Waals surface area contributed by atoms with Crippen LogP contribution in [0.3, 0.4) is 0 Å². The van der Waals surface area contributed by atoms with Gasteiger partial charge in [-0.25, -0.2) is 4.79 Å². The molecule has 1 aromatic carbocycles. The van der Waals surface area contributed by atoms with Gasteiger partial charge in [0.1, 0.15) is 0 Å². The van der Waals surface area contributed by atoms with Crippen LogP contribution < -0.4 is 10.6 Å². The molecule has 0 aliphatic heterocycles. The molecule has 0 atom stereocenters. The van der Waals surface area contributed by atoms with Gasteiger partial charge in [-0.1, -0.05) is 18.6 Å². The van der Waals surface area contributed by atoms with E-state index in [-0.39, 0.29) is 5.11 Å². The predicted molar refractivity (Wildman–Crippen MR) is 93.0 cm³/mol. The van der Waals surface area contributed by atoms with Crippen LogP contribution in [0.4, 0.5) is 16.2 Å². The van der Waals surface area contributed by atoms with Crippen molar-refractivity contribution in [2.24, 2.45) is 4.99 Å². The summed E-state index contributed by atoms with van der Waals surface area (Å²) < 4.78 is 4.80. The van der Waals surface area contributed by atoms with Gasteiger partial charge in [-0.3, -0.25) is 10.3 Å². The lowest BCUT2D eigenvalue weighted by Gasteiger charge is -2.15. The van der Waals surface area contributed by atoms with Gasteiger partial charge in [0.2, 0.25) is 0 Å². The zero-order valence-corrected chi connectivity index (χ0v) is 13.5. The molecule has 118 valence electrons. The summed E-state index contributed by atoms with van der Waals surface area (Å²) in [5.41, 5.74) is 2.85. The second-order valence-corrected chi connectivity index (χ2v) is 5.46. The first kappa shape index (κ1) is 16.4. The number of amides is 1. The number of nitrogens with one attached hydrogen (secondary N) is 2. The summed E-state index contributed by atoms with van der Waals surface area (Å²) >= 11 is 5.12. The summed E-state index contributed by atoms with van der Waals surface area (Å²) in [6.45, 7) is 2.05. The van der Waals surface area contributed by atoms with Crippen molar-refractivity contribution in [1.29, 1.82) is 0 Å². The lowest BCUT2D eigenvalue weighted by Crippen LogP contribution is -2.34. The normalized spacial score (nSPS) is 14.1. The number of hydrogen-bond acceptors (Lipinski definition) is 4. The van der Waals surface area contributed by atoms with Crippen LogP contribution in [0, 0.1) is 0 Å². The van der Waals surface area contributed by atoms with Gasteiger partial charge in [-0.05, 0) is 57.0 Å². The van der Waals surface area contributed by atoms with Crippen LogP contribution in [-0.4, -0.2) is 23.5 Å². The molecule has 1 aromatic rings. The molecule has 2 rings (SSSR count). The zero-order valence-electron chi connectivity index (χ0n) is 12.7. The first-order chi connectivity index (χ1) is 10.7. The molecule has 0 radical (unpaired) electrons. The minimum atomic E-state index is -0.559. The third-order valence-corrected chi connectivity index (χ3v) is 3.56. The van der Waals surface area contributed by atoms with Crippen LogP contribution in [0.15, 0.2) is 29.3 Å². The van der Waals surface area contributed by atoms with Crippen LogP contribution in [0.25, 0.3) is 0 Å². The molecule has 0 heterocycles. The van der Waals surface area contributed by atoms with Gasteiger partial charge < -0.3 is 10.1 Å². The van der Waals surface area contributed by atoms with Crippen molar-refractivity contribution in [3.05, 3.63) is 24.3 Å². The Labute approximate surface area is 136 Å². The van der Waals surface area contributed by atoms with Gasteiger partial charge in [0.05, 0.1) is 18.0 Å². The summed E-state index contributed by atoms with van der Waals surface area (Å²) in [4.78, 5) is 16.1. The average molecular weight is 319 g/mol. The monoisotopic (exact) mass is 319 g/mol. The quantitative estimate of drug-likeness (QED) is 0.821. The van der Waals surface area contributed by atoms with E-state index in [2.05, 4.69) is 10.6 Å². The van der Waals surface area contributed by atoms with Crippen molar-refractivity contribution >= 4 is 40.5 Å². The number of aliphatic imine (C=N–C) groups is 1. The molecule has 22 heavy (non-hydrogen) atoms. The van der Waals surface area contributed by atoms with E-state index < -0.39 is 6.09 Å². The maximum Gasteiger partial charge on any atom is 0.413 e. The summed E-state index contributed by atoms with van der Waals surface area (Å²) in [5, 5.41) is 5.68. The summed E-state index contributed by atoms with van der Waals surface area (Å²) in [6, 6.07) is 7.67. The predicted octanol–water partition coefficient (Wildman–Crippen LogP) is 4.17. The van der Waals surface area contributed by atoms with E-state index in [1.165, 1.54) is 25.0 Å². The van der Waals surface area contributed by atoms with Crippen molar-refractivity contribution < 1.29 is 9.53 Å². The maximum absolute atomic E-state index is 11.4. The number of carbonyl (C=O) groups is 1. The average Bonchev–Trinajstić information content (AvgIpc) is 2.50. The van der Waals surface area contributed by atoms with E-state index in [4.69, 9.17) is 21.9 Å². The molecular formula is C16H21N3O2S. The highest BCUT2D eigenvalue weighted by Gasteiger charge is 2.10. The Hall–Kier alpha value is -1.95. The molecule has 6 heteroatoms. The minimum absolute atomic E-state index is 0.203. The molecule has 1 aliphatic rings. The Morgan fingerprint density at radius 2 is 2.00 bits per heavy atom. The highest BCUT2D eigenvalue weighted by atomic mass is 32.1. The topological polar surface area (TPSA) is 62.7 Å². The van der Waals surface area contributed by atoms with Gasteiger partial charge in [0.25, 0.3) is 0 Å². The number of ether oxygens (including phenoxy) is 1. The fraction of sp³-hybridized carbons (Fsp3) is 0.438. The van der Waals surface area contributed by atoms with Gasteiger partial charge in [-0.15, -0.1) is 0 Å². The number of thiocarbonyl (C=S) groups is 1. The third-order valence-electron chi connectivity index (χ3n) is 3.35. The van der Waals surface area contributed by atoms with Gasteiger partial charge >= 0.3 is 6.09 Å². The smallest absolute Gasteiger partial charge is 0.413 e. The van der Waals surface area contributed by atoms with Crippen molar-refractivity contribution in [3.63, 3.8) is 0 Å². The van der Waals surface area contributed by atoms with Gasteiger partial charge in [0.15, 0.2) is 5.11 Å². The Balaban J connectivity index is 2.04. The summed E-state index contributed by atoms with van der Waals surface area (Å²) in [6.07, 6.45) is 5.25. The number of nitrogens with zero attached hydrogens (tertiary/aromatic N) is 1. The number of hydrogen-bond donors (Lipinski definition) is 2. The fourth-order valence-corrected chi connectivity index (χ4v) is 2.53. The van der Waals surface area contributed by atoms with E-state index in [0.717, 1.165) is 24.2 Å². The van der Waals surface area contributed by atoms with Gasteiger partial charge in [0, 0.05) is 5.71 Å². The second kappa shape index (κ2) is 8.48. The van der Waals surface area contributed by atoms with E-state index in [0.29, 0.717) is 6.61 Å². The lowest BCUT2D eigenvalue weighted by molar-refractivity contribution is 0.158. The molecular weight excluding hydrogens is 298 g/mol. The maximum atomic E-state index is 11.4. The molecule has 5 nitrogen and oxygen atoms in total. The first-order valence-electron chi connectivity index (χ1n) is 7.59. The van der Waals surface area contributed by atoms with Gasteiger partial charge in [-0.2, -0.15) is 0 Å². The molecule has 1 amide bonds. The minimum Gasteiger partial charge on any atom is -0.450 e. The largest absolute Gasteiger partial charge is 0.450 e. The Bertz CT molecular complexity index is 564. The van der Waals surface area contributed by atoms with Crippen molar-refractivity contribution in [2.45, 2.75) is 39.0 Å². The lowest BCUT2D eigenvalue weighted by atomic mass is 9.98. The van der Waals surface area contributed by atoms with E-state index in [1.807, 2.05) is 24.3 Å². The summed E-state index contributed by atoms with van der Waals surface area (Å²) in [7, 11) is 0. The third kappa shape index (κ3) is 5.11. The number of anilines is 1. The molecule has 2 N–H and O–H groups in total. The van der Waals surface area contributed by atoms with Crippen LogP contribution in [0.1, 0.15) is 39.0 Å². The zero-order chi connectivity index (χ0) is 15.8. The molecule has 0 bridgehead atoms. The van der Waals surface area contributed by atoms with E-state index >= 15 is 0 Å². The van der Waals surface area contributed by atoms with Crippen molar-refractivity contribution in [1.82, 2.24) is 5.32 Å². The molecule has 1 aliphatic carbocycles. The number of benzene rings is 1. The van der Waals surface area contributed by atoms with E-state index in [9.17, 15) is 4.79 Å². The van der Waals surface area contributed by atoms with Crippen molar-refractivity contribution in [2.75, 3.05) is 11.9 Å². The number of rotatable bonds is 3. The SMILES string of the molecule is CCOC(=O)NC(=S)Nc1ccccc1N=C1CCCCC1. The molecule has 0 aromatic heterocycles. The number of alkyl carbamates (subject to hydrolysis) is 1. The fourth-order valence-electron chi connectivity index (χ4n) is 2.33. The van der Waals surface area contributed by atoms with Crippen LogP contribution >= 0.6 is 12.2 Å². The number of para-hydroxylation sites is 2. The number of carbonyl (C=O) groups excluding carboxylic acids is 1. The Kier molecular flexibility index (Phi) is 6.33. The van der Waals surface area contributed by atoms with Crippen LogP contribution in [0.2, 0.25) is 0 Å². The molecule has 1 fully saturated rings. The Morgan fingerprint density at radius 3 is 2.73 bits per heavy atom. The second-order valence-electron chi connectivity index (χ2n) is 5.06.